The fourth-order valence-corrected chi connectivity index (χ4v) is 3.46. The Morgan fingerprint density at radius 2 is 2.28 bits per heavy atom. The third-order valence-corrected chi connectivity index (χ3v) is 4.59. The average molecular weight is 314 g/mol. The highest BCUT2D eigenvalue weighted by Gasteiger charge is 2.26. The van der Waals surface area contributed by atoms with Gasteiger partial charge in [0.2, 0.25) is 5.91 Å². The predicted molar refractivity (Wildman–Crippen MR) is 74.7 cm³/mol. The zero-order valence-electron chi connectivity index (χ0n) is 10.5. The molecule has 2 rings (SSSR count). The summed E-state index contributed by atoms with van der Waals surface area (Å²) in [5.74, 6) is 2.39. The van der Waals surface area contributed by atoms with E-state index in [-0.39, 0.29) is 5.91 Å². The van der Waals surface area contributed by atoms with Crippen LogP contribution in [0.25, 0.3) is 0 Å². The molecular formula is C14H20BrNO2. The van der Waals surface area contributed by atoms with Crippen molar-refractivity contribution >= 4 is 21.8 Å². The van der Waals surface area contributed by atoms with Gasteiger partial charge in [0.05, 0.1) is 6.26 Å². The highest BCUT2D eigenvalue weighted by Crippen LogP contribution is 2.32. The molecule has 100 valence electrons. The van der Waals surface area contributed by atoms with Crippen LogP contribution in [0.3, 0.4) is 0 Å². The molecule has 1 aromatic heterocycles. The van der Waals surface area contributed by atoms with Crippen LogP contribution >= 0.6 is 15.9 Å². The number of furan rings is 1. The number of hydrogen-bond acceptors (Lipinski definition) is 2. The van der Waals surface area contributed by atoms with Gasteiger partial charge in [0.1, 0.15) is 5.76 Å². The molecule has 1 amide bonds. The Kier molecular flexibility index (Phi) is 5.29. The van der Waals surface area contributed by atoms with Crippen LogP contribution in [0, 0.1) is 11.8 Å². The topological polar surface area (TPSA) is 42.2 Å². The molecule has 0 radical (unpaired) electrons. The highest BCUT2D eigenvalue weighted by molar-refractivity contribution is 9.09. The van der Waals surface area contributed by atoms with Crippen LogP contribution in [-0.2, 0) is 11.2 Å². The zero-order valence-corrected chi connectivity index (χ0v) is 12.1. The smallest absolute Gasteiger partial charge is 0.220 e. The number of aryl methyl sites for hydroxylation is 1. The minimum atomic E-state index is 0.131. The van der Waals surface area contributed by atoms with Gasteiger partial charge >= 0.3 is 0 Å². The number of nitrogens with one attached hydrogen (secondary N) is 1. The molecule has 1 fully saturated rings. The van der Waals surface area contributed by atoms with Gasteiger partial charge in [0.15, 0.2) is 0 Å². The Labute approximate surface area is 116 Å². The van der Waals surface area contributed by atoms with E-state index in [0.717, 1.165) is 23.6 Å². The molecule has 0 saturated heterocycles. The second-order valence-electron chi connectivity index (χ2n) is 4.99. The molecule has 0 aromatic carbocycles. The predicted octanol–water partition coefficient (Wildman–Crippen LogP) is 3.14. The van der Waals surface area contributed by atoms with Gasteiger partial charge in [-0.15, -0.1) is 0 Å². The molecule has 3 nitrogen and oxygen atoms in total. The van der Waals surface area contributed by atoms with Crippen LogP contribution < -0.4 is 5.32 Å². The number of hydrogen-bond donors (Lipinski definition) is 1. The number of rotatable bonds is 6. The van der Waals surface area contributed by atoms with E-state index in [1.807, 2.05) is 12.1 Å². The SMILES string of the molecule is O=C(CCc1ccco1)NCC1CCCC1CBr. The molecule has 1 heterocycles. The van der Waals surface area contributed by atoms with Crippen molar-refractivity contribution in [1.82, 2.24) is 5.32 Å². The summed E-state index contributed by atoms with van der Waals surface area (Å²) < 4.78 is 5.21. The Morgan fingerprint density at radius 3 is 3.00 bits per heavy atom. The first kappa shape index (κ1) is 13.7. The molecule has 2 atom stereocenters. The lowest BCUT2D eigenvalue weighted by atomic mass is 9.98. The third kappa shape index (κ3) is 3.87. The zero-order chi connectivity index (χ0) is 12.8. The summed E-state index contributed by atoms with van der Waals surface area (Å²) in [7, 11) is 0. The first-order valence-electron chi connectivity index (χ1n) is 6.64. The minimum absolute atomic E-state index is 0.131. The highest BCUT2D eigenvalue weighted by atomic mass is 79.9. The van der Waals surface area contributed by atoms with Gasteiger partial charge in [-0.2, -0.15) is 0 Å². The molecule has 2 unspecified atom stereocenters. The maximum Gasteiger partial charge on any atom is 0.220 e. The fourth-order valence-electron chi connectivity index (χ4n) is 2.61. The number of alkyl halides is 1. The standard InChI is InChI=1S/C14H20BrNO2/c15-9-11-3-1-4-12(11)10-16-14(17)7-6-13-5-2-8-18-13/h2,5,8,11-12H,1,3-4,6-7,9-10H2,(H,16,17). The summed E-state index contributed by atoms with van der Waals surface area (Å²) in [6.07, 6.45) is 6.67. The largest absolute Gasteiger partial charge is 0.469 e. The first-order valence-corrected chi connectivity index (χ1v) is 7.77. The number of halogens is 1. The van der Waals surface area contributed by atoms with E-state index in [1.54, 1.807) is 6.26 Å². The lowest BCUT2D eigenvalue weighted by molar-refractivity contribution is -0.121. The van der Waals surface area contributed by atoms with E-state index in [4.69, 9.17) is 4.42 Å². The van der Waals surface area contributed by atoms with Gasteiger partial charge in [-0.25, -0.2) is 0 Å². The van der Waals surface area contributed by atoms with Crippen LogP contribution in [0.4, 0.5) is 0 Å². The molecule has 1 saturated carbocycles. The minimum Gasteiger partial charge on any atom is -0.469 e. The lowest BCUT2D eigenvalue weighted by Crippen LogP contribution is -2.31. The molecular weight excluding hydrogens is 294 g/mol. The number of carbonyl (C=O) groups is 1. The van der Waals surface area contributed by atoms with Crippen molar-refractivity contribution < 1.29 is 9.21 Å². The Balaban J connectivity index is 1.65. The van der Waals surface area contributed by atoms with Crippen molar-refractivity contribution in [2.75, 3.05) is 11.9 Å². The summed E-state index contributed by atoms with van der Waals surface area (Å²) >= 11 is 3.56. The van der Waals surface area contributed by atoms with Crippen molar-refractivity contribution in [2.24, 2.45) is 11.8 Å². The molecule has 0 aliphatic heterocycles. The molecule has 1 aliphatic rings. The maximum absolute atomic E-state index is 11.7. The van der Waals surface area contributed by atoms with Gasteiger partial charge in [0.25, 0.3) is 0 Å². The van der Waals surface area contributed by atoms with E-state index >= 15 is 0 Å². The monoisotopic (exact) mass is 313 g/mol. The van der Waals surface area contributed by atoms with Crippen molar-refractivity contribution in [3.8, 4) is 0 Å². The number of carbonyl (C=O) groups excluding carboxylic acids is 1. The van der Waals surface area contributed by atoms with Crippen molar-refractivity contribution in [3.05, 3.63) is 24.2 Å². The van der Waals surface area contributed by atoms with E-state index in [0.29, 0.717) is 18.8 Å². The van der Waals surface area contributed by atoms with Crippen molar-refractivity contribution in [3.63, 3.8) is 0 Å². The summed E-state index contributed by atoms with van der Waals surface area (Å²) in [6, 6.07) is 3.76. The van der Waals surface area contributed by atoms with Crippen LogP contribution in [-0.4, -0.2) is 17.8 Å². The molecule has 1 aliphatic carbocycles. The Bertz CT molecular complexity index is 364. The van der Waals surface area contributed by atoms with Gasteiger partial charge in [-0.1, -0.05) is 22.4 Å². The Morgan fingerprint density at radius 1 is 1.44 bits per heavy atom. The van der Waals surface area contributed by atoms with Gasteiger partial charge in [-0.3, -0.25) is 4.79 Å². The third-order valence-electron chi connectivity index (χ3n) is 3.75. The van der Waals surface area contributed by atoms with Gasteiger partial charge in [0, 0.05) is 24.7 Å². The van der Waals surface area contributed by atoms with E-state index in [1.165, 1.54) is 19.3 Å². The van der Waals surface area contributed by atoms with Gasteiger partial charge in [-0.05, 0) is 36.8 Å². The Hall–Kier alpha value is -0.770. The van der Waals surface area contributed by atoms with Gasteiger partial charge < -0.3 is 9.73 Å². The molecule has 4 heteroatoms. The molecule has 0 spiro atoms. The van der Waals surface area contributed by atoms with Crippen LogP contribution in [0.5, 0.6) is 0 Å². The average Bonchev–Trinajstić information content (AvgIpc) is 3.04. The van der Waals surface area contributed by atoms with Crippen LogP contribution in [0.1, 0.15) is 31.4 Å². The van der Waals surface area contributed by atoms with Crippen LogP contribution in [0.2, 0.25) is 0 Å². The van der Waals surface area contributed by atoms with Crippen molar-refractivity contribution in [1.29, 1.82) is 0 Å². The number of amides is 1. The van der Waals surface area contributed by atoms with Crippen LogP contribution in [0.15, 0.2) is 22.8 Å². The second kappa shape index (κ2) is 6.98. The molecule has 1 N–H and O–H groups in total. The quantitative estimate of drug-likeness (QED) is 0.820. The molecule has 1 aromatic rings. The normalized spacial score (nSPS) is 23.2. The first-order chi connectivity index (χ1) is 8.79. The van der Waals surface area contributed by atoms with E-state index < -0.39 is 0 Å². The maximum atomic E-state index is 11.7. The molecule has 0 bridgehead atoms. The summed E-state index contributed by atoms with van der Waals surface area (Å²) in [5.41, 5.74) is 0. The second-order valence-corrected chi connectivity index (χ2v) is 5.64. The fraction of sp³-hybridized carbons (Fsp3) is 0.643. The van der Waals surface area contributed by atoms with E-state index in [9.17, 15) is 4.79 Å². The summed E-state index contributed by atoms with van der Waals surface area (Å²) in [4.78, 5) is 11.7. The molecule has 18 heavy (non-hydrogen) atoms. The summed E-state index contributed by atoms with van der Waals surface area (Å²) in [5, 5.41) is 4.11. The lowest BCUT2D eigenvalue weighted by Gasteiger charge is -2.17. The van der Waals surface area contributed by atoms with E-state index in [2.05, 4.69) is 21.2 Å². The summed E-state index contributed by atoms with van der Waals surface area (Å²) in [6.45, 7) is 0.827. The van der Waals surface area contributed by atoms with Crippen molar-refractivity contribution in [2.45, 2.75) is 32.1 Å².